The number of para-hydroxylation sites is 1. The molecule has 0 aromatic heterocycles. The van der Waals surface area contributed by atoms with Gasteiger partial charge in [-0.3, -0.25) is 4.79 Å². The van der Waals surface area contributed by atoms with Gasteiger partial charge in [-0.2, -0.15) is 0 Å². The lowest BCUT2D eigenvalue weighted by Gasteiger charge is -2.07. The summed E-state index contributed by atoms with van der Waals surface area (Å²) in [4.78, 5) is 11.5. The minimum Gasteiger partial charge on any atom is -0.461 e. The van der Waals surface area contributed by atoms with Crippen molar-refractivity contribution >= 4 is 11.7 Å². The monoisotopic (exact) mass is 273 g/mol. The van der Waals surface area contributed by atoms with E-state index in [1.54, 1.807) is 18.2 Å². The van der Waals surface area contributed by atoms with E-state index in [0.29, 0.717) is 12.1 Å². The molecule has 0 saturated carbocycles. The second kappa shape index (κ2) is 7.28. The van der Waals surface area contributed by atoms with Crippen molar-refractivity contribution in [3.05, 3.63) is 66.0 Å². The summed E-state index contributed by atoms with van der Waals surface area (Å²) in [5.41, 5.74) is 1.34. The normalized spacial score (nSPS) is 10.1. The maximum Gasteiger partial charge on any atom is 0.307 e. The number of carbonyl (C=O) groups excluding carboxylic acids is 1. The second-order valence-corrected chi connectivity index (χ2v) is 4.29. The second-order valence-electron chi connectivity index (χ2n) is 4.29. The molecule has 0 atom stereocenters. The van der Waals surface area contributed by atoms with Gasteiger partial charge in [0.25, 0.3) is 0 Å². The van der Waals surface area contributed by atoms with Crippen LogP contribution in [0.1, 0.15) is 12.0 Å². The first-order valence-corrected chi connectivity index (χ1v) is 6.43. The van der Waals surface area contributed by atoms with Crippen molar-refractivity contribution in [3.63, 3.8) is 0 Å². The largest absolute Gasteiger partial charge is 0.461 e. The molecule has 1 N–H and O–H groups in total. The number of esters is 1. The van der Waals surface area contributed by atoms with Crippen LogP contribution in [-0.2, 0) is 16.1 Å². The van der Waals surface area contributed by atoms with Crippen molar-refractivity contribution in [3.8, 4) is 0 Å². The molecule has 0 bridgehead atoms. The Morgan fingerprint density at radius 2 is 1.75 bits per heavy atom. The molecule has 20 heavy (non-hydrogen) atoms. The molecule has 2 rings (SSSR count). The van der Waals surface area contributed by atoms with E-state index in [9.17, 15) is 9.18 Å². The average Bonchev–Trinajstić information content (AvgIpc) is 2.47. The van der Waals surface area contributed by atoms with Crippen LogP contribution in [0.2, 0.25) is 0 Å². The highest BCUT2D eigenvalue weighted by Gasteiger charge is 2.06. The molecule has 0 spiro atoms. The van der Waals surface area contributed by atoms with Crippen LogP contribution in [0.25, 0.3) is 0 Å². The molecule has 0 amide bonds. The van der Waals surface area contributed by atoms with E-state index in [1.807, 2.05) is 30.3 Å². The maximum atomic E-state index is 13.3. The molecule has 0 aliphatic carbocycles. The van der Waals surface area contributed by atoms with Crippen molar-refractivity contribution in [1.82, 2.24) is 0 Å². The van der Waals surface area contributed by atoms with Crippen LogP contribution in [-0.4, -0.2) is 12.5 Å². The number of ether oxygens (including phenoxy) is 1. The number of hydrogen-bond acceptors (Lipinski definition) is 3. The van der Waals surface area contributed by atoms with Crippen LogP contribution in [0.5, 0.6) is 0 Å². The first-order valence-electron chi connectivity index (χ1n) is 6.43. The summed E-state index contributed by atoms with van der Waals surface area (Å²) in [5, 5.41) is 3.11. The highest BCUT2D eigenvalue weighted by atomic mass is 19.1. The number of carbonyl (C=O) groups is 1. The van der Waals surface area contributed by atoms with Crippen molar-refractivity contribution in [2.45, 2.75) is 13.0 Å². The fraction of sp³-hybridized carbons (Fsp3) is 0.188. The molecule has 0 aliphatic heterocycles. The fourth-order valence-corrected chi connectivity index (χ4v) is 1.71. The van der Waals surface area contributed by atoms with Crippen molar-refractivity contribution in [2.75, 3.05) is 11.9 Å². The smallest absolute Gasteiger partial charge is 0.307 e. The maximum absolute atomic E-state index is 13.3. The topological polar surface area (TPSA) is 38.3 Å². The Morgan fingerprint density at radius 3 is 2.50 bits per heavy atom. The Morgan fingerprint density at radius 1 is 1.05 bits per heavy atom. The summed E-state index contributed by atoms with van der Waals surface area (Å²) < 4.78 is 18.3. The lowest BCUT2D eigenvalue weighted by atomic mass is 10.2. The Kier molecular flexibility index (Phi) is 5.12. The zero-order valence-corrected chi connectivity index (χ0v) is 11.0. The van der Waals surface area contributed by atoms with Crippen LogP contribution in [0, 0.1) is 5.82 Å². The third-order valence-corrected chi connectivity index (χ3v) is 2.78. The number of halogens is 1. The molecule has 0 unspecified atom stereocenters. The number of nitrogens with one attached hydrogen (secondary N) is 1. The van der Waals surface area contributed by atoms with Crippen LogP contribution >= 0.6 is 0 Å². The van der Waals surface area contributed by atoms with E-state index in [0.717, 1.165) is 5.69 Å². The number of anilines is 1. The van der Waals surface area contributed by atoms with E-state index in [2.05, 4.69) is 5.32 Å². The summed E-state index contributed by atoms with van der Waals surface area (Å²) in [6, 6.07) is 15.9. The average molecular weight is 273 g/mol. The van der Waals surface area contributed by atoms with Crippen molar-refractivity contribution < 1.29 is 13.9 Å². The van der Waals surface area contributed by atoms with Gasteiger partial charge in [0.15, 0.2) is 0 Å². The van der Waals surface area contributed by atoms with E-state index in [4.69, 9.17) is 4.74 Å². The van der Waals surface area contributed by atoms with Gasteiger partial charge in [-0.15, -0.1) is 0 Å². The molecule has 3 nitrogen and oxygen atoms in total. The van der Waals surface area contributed by atoms with Crippen LogP contribution < -0.4 is 5.32 Å². The minimum atomic E-state index is -0.359. The molecule has 0 saturated heterocycles. The van der Waals surface area contributed by atoms with Gasteiger partial charge in [0, 0.05) is 17.8 Å². The zero-order valence-electron chi connectivity index (χ0n) is 11.0. The summed E-state index contributed by atoms with van der Waals surface area (Å²) in [7, 11) is 0. The zero-order chi connectivity index (χ0) is 14.2. The van der Waals surface area contributed by atoms with Crippen LogP contribution in [0.3, 0.4) is 0 Å². The molecule has 2 aromatic carbocycles. The van der Waals surface area contributed by atoms with Gasteiger partial charge >= 0.3 is 5.97 Å². The molecule has 2 aromatic rings. The van der Waals surface area contributed by atoms with Gasteiger partial charge in [-0.25, -0.2) is 4.39 Å². The molecule has 0 radical (unpaired) electrons. The SMILES string of the molecule is O=C(CCNc1ccccc1)OCc1ccccc1F. The third kappa shape index (κ3) is 4.39. The van der Waals surface area contributed by atoms with Gasteiger partial charge in [0.05, 0.1) is 6.42 Å². The lowest BCUT2D eigenvalue weighted by Crippen LogP contribution is -2.11. The molecule has 0 heterocycles. The molecule has 4 heteroatoms. The Labute approximate surface area is 117 Å². The Balaban J connectivity index is 1.70. The first-order chi connectivity index (χ1) is 9.75. The Bertz CT molecular complexity index is 557. The summed E-state index contributed by atoms with van der Waals surface area (Å²) in [5.74, 6) is -0.709. The van der Waals surface area contributed by atoms with Crippen molar-refractivity contribution in [2.24, 2.45) is 0 Å². The van der Waals surface area contributed by atoms with E-state index >= 15 is 0 Å². The number of rotatable bonds is 6. The molecule has 104 valence electrons. The standard InChI is InChI=1S/C16H16FNO2/c17-15-9-5-4-6-13(15)12-20-16(19)10-11-18-14-7-2-1-3-8-14/h1-9,18H,10-12H2. The van der Waals surface area contributed by atoms with Crippen molar-refractivity contribution in [1.29, 1.82) is 0 Å². The van der Waals surface area contributed by atoms with Crippen LogP contribution in [0.15, 0.2) is 54.6 Å². The Hall–Kier alpha value is -2.36. The molecule has 0 fully saturated rings. The minimum absolute atomic E-state index is 0.0309. The highest BCUT2D eigenvalue weighted by molar-refractivity contribution is 5.70. The quantitative estimate of drug-likeness (QED) is 0.820. The van der Waals surface area contributed by atoms with Gasteiger partial charge in [0.1, 0.15) is 12.4 Å². The lowest BCUT2D eigenvalue weighted by molar-refractivity contribution is -0.144. The first kappa shape index (κ1) is 14.1. The van der Waals surface area contributed by atoms with Gasteiger partial charge in [-0.1, -0.05) is 36.4 Å². The number of hydrogen-bond donors (Lipinski definition) is 1. The predicted molar refractivity (Wildman–Crippen MR) is 75.7 cm³/mol. The summed E-state index contributed by atoms with van der Waals surface area (Å²) in [6.07, 6.45) is 0.239. The van der Waals surface area contributed by atoms with E-state index in [-0.39, 0.29) is 24.8 Å². The van der Waals surface area contributed by atoms with Crippen LogP contribution in [0.4, 0.5) is 10.1 Å². The highest BCUT2D eigenvalue weighted by Crippen LogP contribution is 2.08. The molecular formula is C16H16FNO2. The van der Waals surface area contributed by atoms with E-state index < -0.39 is 0 Å². The summed E-state index contributed by atoms with van der Waals surface area (Å²) >= 11 is 0. The number of benzene rings is 2. The summed E-state index contributed by atoms with van der Waals surface area (Å²) in [6.45, 7) is 0.455. The molecular weight excluding hydrogens is 257 g/mol. The predicted octanol–water partition coefficient (Wildman–Crippen LogP) is 3.37. The molecule has 0 aliphatic rings. The van der Waals surface area contributed by atoms with Gasteiger partial charge in [-0.05, 0) is 18.2 Å². The van der Waals surface area contributed by atoms with Gasteiger partial charge < -0.3 is 10.1 Å². The third-order valence-electron chi connectivity index (χ3n) is 2.78. The van der Waals surface area contributed by atoms with E-state index in [1.165, 1.54) is 6.07 Å². The fourth-order valence-electron chi connectivity index (χ4n) is 1.71. The van der Waals surface area contributed by atoms with Gasteiger partial charge in [0.2, 0.25) is 0 Å².